The molecule has 0 aliphatic carbocycles. The van der Waals surface area contributed by atoms with E-state index in [1.165, 1.54) is 0 Å². The van der Waals surface area contributed by atoms with E-state index in [-0.39, 0.29) is 0 Å². The summed E-state index contributed by atoms with van der Waals surface area (Å²) in [4.78, 5) is 10.5. The SMILES string of the molecule is CN(Cc1cnc2ncccn12)CC(C)(C)O. The molecule has 2 aromatic heterocycles. The molecular weight excluding hydrogens is 216 g/mol. The first-order chi connectivity index (χ1) is 7.96. The van der Waals surface area contributed by atoms with Gasteiger partial charge in [0.2, 0.25) is 5.78 Å². The molecule has 0 bridgehead atoms. The average molecular weight is 234 g/mol. The van der Waals surface area contributed by atoms with Crippen molar-refractivity contribution in [3.8, 4) is 0 Å². The molecule has 0 aliphatic heterocycles. The summed E-state index contributed by atoms with van der Waals surface area (Å²) in [5.41, 5.74) is 0.382. The van der Waals surface area contributed by atoms with Gasteiger partial charge in [-0.3, -0.25) is 9.30 Å². The van der Waals surface area contributed by atoms with Gasteiger partial charge in [0.05, 0.1) is 17.5 Å². The third kappa shape index (κ3) is 3.01. The molecule has 5 heteroatoms. The van der Waals surface area contributed by atoms with Crippen molar-refractivity contribution in [3.05, 3.63) is 30.4 Å². The summed E-state index contributed by atoms with van der Waals surface area (Å²) in [5, 5.41) is 9.75. The molecule has 2 aromatic rings. The molecule has 0 spiro atoms. The first-order valence-corrected chi connectivity index (χ1v) is 5.63. The fraction of sp³-hybridized carbons (Fsp3) is 0.500. The second-order valence-electron chi connectivity index (χ2n) is 5.02. The number of likely N-dealkylation sites (N-methyl/N-ethyl adjacent to an activating group) is 1. The zero-order chi connectivity index (χ0) is 12.5. The van der Waals surface area contributed by atoms with Crippen molar-refractivity contribution >= 4 is 5.78 Å². The Bertz CT molecular complexity index is 500. The molecule has 2 heterocycles. The van der Waals surface area contributed by atoms with Crippen molar-refractivity contribution in [2.75, 3.05) is 13.6 Å². The van der Waals surface area contributed by atoms with Crippen LogP contribution < -0.4 is 0 Å². The summed E-state index contributed by atoms with van der Waals surface area (Å²) in [6.07, 6.45) is 5.50. The van der Waals surface area contributed by atoms with E-state index in [1.807, 2.05) is 29.9 Å². The lowest BCUT2D eigenvalue weighted by Crippen LogP contribution is -2.36. The van der Waals surface area contributed by atoms with Gasteiger partial charge in [-0.2, -0.15) is 0 Å². The summed E-state index contributed by atoms with van der Waals surface area (Å²) in [7, 11) is 1.98. The van der Waals surface area contributed by atoms with E-state index in [4.69, 9.17) is 0 Å². The zero-order valence-electron chi connectivity index (χ0n) is 10.5. The van der Waals surface area contributed by atoms with Crippen molar-refractivity contribution in [1.29, 1.82) is 0 Å². The number of nitrogens with zero attached hydrogens (tertiary/aromatic N) is 4. The van der Waals surface area contributed by atoms with Gasteiger partial charge in [-0.05, 0) is 27.0 Å². The molecule has 2 rings (SSSR count). The monoisotopic (exact) mass is 234 g/mol. The normalized spacial score (nSPS) is 12.5. The second-order valence-corrected chi connectivity index (χ2v) is 5.02. The number of aromatic nitrogens is 3. The zero-order valence-corrected chi connectivity index (χ0v) is 10.5. The summed E-state index contributed by atoms with van der Waals surface area (Å²) in [6, 6.07) is 1.88. The van der Waals surface area contributed by atoms with Gasteiger partial charge in [-0.15, -0.1) is 0 Å². The smallest absolute Gasteiger partial charge is 0.233 e. The topological polar surface area (TPSA) is 53.7 Å². The Labute approximate surface area is 101 Å². The van der Waals surface area contributed by atoms with Gasteiger partial charge in [0, 0.05) is 25.5 Å². The maximum atomic E-state index is 9.75. The summed E-state index contributed by atoms with van der Waals surface area (Å²) in [5.74, 6) is 0.708. The van der Waals surface area contributed by atoms with Crippen molar-refractivity contribution in [3.63, 3.8) is 0 Å². The number of hydrogen-bond acceptors (Lipinski definition) is 4. The standard InChI is InChI=1S/C12H18N4O/c1-12(2,17)9-15(3)8-10-7-14-11-13-5-4-6-16(10)11/h4-7,17H,8-9H2,1-3H3. The number of aliphatic hydroxyl groups is 1. The molecule has 1 N–H and O–H groups in total. The molecule has 17 heavy (non-hydrogen) atoms. The first kappa shape index (κ1) is 12.0. The predicted molar refractivity (Wildman–Crippen MR) is 65.6 cm³/mol. The lowest BCUT2D eigenvalue weighted by Gasteiger charge is -2.25. The molecule has 0 unspecified atom stereocenters. The Morgan fingerprint density at radius 2 is 2.18 bits per heavy atom. The Hall–Kier alpha value is -1.46. The third-order valence-corrected chi connectivity index (χ3v) is 2.45. The molecule has 0 aliphatic rings. The van der Waals surface area contributed by atoms with Gasteiger partial charge in [0.1, 0.15) is 0 Å². The lowest BCUT2D eigenvalue weighted by atomic mass is 10.1. The van der Waals surface area contributed by atoms with E-state index in [0.717, 1.165) is 12.2 Å². The van der Waals surface area contributed by atoms with E-state index < -0.39 is 5.60 Å². The highest BCUT2D eigenvalue weighted by Gasteiger charge is 2.16. The van der Waals surface area contributed by atoms with Crippen LogP contribution in [0.25, 0.3) is 5.78 Å². The number of fused-ring (bicyclic) bond motifs is 1. The van der Waals surface area contributed by atoms with E-state index in [0.29, 0.717) is 12.3 Å². The Morgan fingerprint density at radius 1 is 1.41 bits per heavy atom. The quantitative estimate of drug-likeness (QED) is 0.855. The Kier molecular flexibility index (Phi) is 3.13. The van der Waals surface area contributed by atoms with Crippen molar-refractivity contribution < 1.29 is 5.11 Å². The number of rotatable bonds is 4. The molecule has 0 aromatic carbocycles. The largest absolute Gasteiger partial charge is 0.389 e. The van der Waals surface area contributed by atoms with Gasteiger partial charge in [0.25, 0.3) is 0 Å². The highest BCUT2D eigenvalue weighted by molar-refractivity contribution is 5.30. The van der Waals surface area contributed by atoms with Gasteiger partial charge in [-0.1, -0.05) is 0 Å². The van der Waals surface area contributed by atoms with Crippen LogP contribution in [-0.2, 0) is 6.54 Å². The number of imidazole rings is 1. The molecule has 0 saturated carbocycles. The average Bonchev–Trinajstić information content (AvgIpc) is 2.59. The maximum Gasteiger partial charge on any atom is 0.233 e. The first-order valence-electron chi connectivity index (χ1n) is 5.63. The molecule has 0 radical (unpaired) electrons. The second kappa shape index (κ2) is 4.43. The minimum atomic E-state index is -0.687. The molecule has 92 valence electrons. The van der Waals surface area contributed by atoms with E-state index in [9.17, 15) is 5.11 Å². The summed E-state index contributed by atoms with van der Waals surface area (Å²) in [6.45, 7) is 4.95. The van der Waals surface area contributed by atoms with E-state index in [2.05, 4.69) is 14.9 Å². The fourth-order valence-corrected chi connectivity index (χ4v) is 1.99. The molecule has 0 amide bonds. The van der Waals surface area contributed by atoms with Crippen LogP contribution in [0.5, 0.6) is 0 Å². The van der Waals surface area contributed by atoms with Crippen LogP contribution in [0.3, 0.4) is 0 Å². The van der Waals surface area contributed by atoms with Crippen molar-refractivity contribution in [2.24, 2.45) is 0 Å². The van der Waals surface area contributed by atoms with Gasteiger partial charge in [0.15, 0.2) is 0 Å². The van der Waals surface area contributed by atoms with Crippen molar-refractivity contribution in [1.82, 2.24) is 19.3 Å². The van der Waals surface area contributed by atoms with Gasteiger partial charge >= 0.3 is 0 Å². The fourth-order valence-electron chi connectivity index (χ4n) is 1.99. The summed E-state index contributed by atoms with van der Waals surface area (Å²) < 4.78 is 1.96. The van der Waals surface area contributed by atoms with Crippen LogP contribution in [0.1, 0.15) is 19.5 Å². The van der Waals surface area contributed by atoms with Crippen LogP contribution in [-0.4, -0.2) is 43.6 Å². The molecule has 5 nitrogen and oxygen atoms in total. The van der Waals surface area contributed by atoms with Crippen LogP contribution in [0.4, 0.5) is 0 Å². The Balaban J connectivity index is 2.13. The maximum absolute atomic E-state index is 9.75. The highest BCUT2D eigenvalue weighted by Crippen LogP contribution is 2.09. The van der Waals surface area contributed by atoms with E-state index in [1.54, 1.807) is 20.0 Å². The van der Waals surface area contributed by atoms with E-state index >= 15 is 0 Å². The molecule has 0 fully saturated rings. The summed E-state index contributed by atoms with van der Waals surface area (Å²) >= 11 is 0. The predicted octanol–water partition coefficient (Wildman–Crippen LogP) is 0.932. The van der Waals surface area contributed by atoms with Gasteiger partial charge < -0.3 is 5.11 Å². The minimum Gasteiger partial charge on any atom is -0.389 e. The minimum absolute atomic E-state index is 0.612. The van der Waals surface area contributed by atoms with Crippen LogP contribution >= 0.6 is 0 Å². The third-order valence-electron chi connectivity index (χ3n) is 2.45. The molecular formula is C12H18N4O. The van der Waals surface area contributed by atoms with Crippen LogP contribution in [0.15, 0.2) is 24.7 Å². The van der Waals surface area contributed by atoms with Gasteiger partial charge in [-0.25, -0.2) is 9.97 Å². The number of hydrogen-bond donors (Lipinski definition) is 1. The highest BCUT2D eigenvalue weighted by atomic mass is 16.3. The Morgan fingerprint density at radius 3 is 2.88 bits per heavy atom. The molecule has 0 atom stereocenters. The van der Waals surface area contributed by atoms with Crippen molar-refractivity contribution in [2.45, 2.75) is 26.0 Å². The van der Waals surface area contributed by atoms with Crippen LogP contribution in [0.2, 0.25) is 0 Å². The van der Waals surface area contributed by atoms with Crippen LogP contribution in [0, 0.1) is 0 Å². The lowest BCUT2D eigenvalue weighted by molar-refractivity contribution is 0.0421. The molecule has 0 saturated heterocycles.